The summed E-state index contributed by atoms with van der Waals surface area (Å²) in [5, 5.41) is 3.38. The molecule has 2 heteroatoms. The summed E-state index contributed by atoms with van der Waals surface area (Å²) in [6.45, 7) is 0. The Morgan fingerprint density at radius 3 is 3.00 bits per heavy atom. The van der Waals surface area contributed by atoms with E-state index in [0.717, 1.165) is 50.0 Å². The number of benzene rings is 2. The van der Waals surface area contributed by atoms with Crippen molar-refractivity contribution in [2.75, 3.05) is 0 Å². The van der Waals surface area contributed by atoms with Crippen molar-refractivity contribution in [2.45, 2.75) is 6.42 Å². The van der Waals surface area contributed by atoms with Gasteiger partial charge in [-0.25, -0.2) is 4.42 Å². The number of fused-ring (bicyclic) bond motifs is 5. The van der Waals surface area contributed by atoms with E-state index >= 15 is 0 Å². The van der Waals surface area contributed by atoms with Crippen LogP contribution in [0.2, 0.25) is 0 Å². The second-order valence-electron chi connectivity index (χ2n) is 5.16. The molecule has 0 atom stereocenters. The van der Waals surface area contributed by atoms with E-state index in [0.29, 0.717) is 0 Å². The summed E-state index contributed by atoms with van der Waals surface area (Å²) in [4.78, 5) is 0. The van der Waals surface area contributed by atoms with Gasteiger partial charge in [-0.05, 0) is 24.6 Å². The van der Waals surface area contributed by atoms with Gasteiger partial charge in [-0.2, -0.15) is 0 Å². The maximum absolute atomic E-state index is 5.97. The van der Waals surface area contributed by atoms with Crippen molar-refractivity contribution in [3.8, 4) is 5.75 Å². The minimum Gasteiger partial charge on any atom is -0.456 e. The van der Waals surface area contributed by atoms with Crippen LogP contribution in [-0.4, -0.2) is 0 Å². The SMILES string of the molecule is C1=Cc2c(oc3cc4c(cc23)[O+]=c2ccccc2=4)=CC1. The van der Waals surface area contributed by atoms with E-state index in [1.54, 1.807) is 0 Å². The van der Waals surface area contributed by atoms with Crippen LogP contribution in [0.5, 0.6) is 5.75 Å². The maximum atomic E-state index is 5.97. The summed E-state index contributed by atoms with van der Waals surface area (Å²) >= 11 is 0. The van der Waals surface area contributed by atoms with Crippen molar-refractivity contribution in [2.24, 2.45) is 0 Å². The maximum Gasteiger partial charge on any atom is 0.362 e. The Hall–Kier alpha value is -2.61. The third-order valence-electron chi connectivity index (χ3n) is 3.98. The highest BCUT2D eigenvalue weighted by Crippen LogP contribution is 2.29. The molecule has 0 amide bonds. The van der Waals surface area contributed by atoms with Gasteiger partial charge in [0.1, 0.15) is 11.0 Å². The van der Waals surface area contributed by atoms with Gasteiger partial charge in [0, 0.05) is 17.0 Å². The second-order valence-corrected chi connectivity index (χ2v) is 5.16. The van der Waals surface area contributed by atoms with Gasteiger partial charge < -0.3 is 4.42 Å². The van der Waals surface area contributed by atoms with Gasteiger partial charge in [-0.1, -0.05) is 24.3 Å². The van der Waals surface area contributed by atoms with Crippen LogP contribution in [0, 0.1) is 10.4 Å². The van der Waals surface area contributed by atoms with E-state index < -0.39 is 0 Å². The first kappa shape index (κ1) is 10.2. The van der Waals surface area contributed by atoms with E-state index in [4.69, 9.17) is 8.84 Å². The Morgan fingerprint density at radius 1 is 1.05 bits per heavy atom. The largest absolute Gasteiger partial charge is 0.456 e. The molecular formula is C18H11O2+. The van der Waals surface area contributed by atoms with E-state index in [-0.39, 0.29) is 0 Å². The first-order chi connectivity index (χ1) is 9.90. The standard InChI is InChI=1S/C18H11O2/c1-3-7-15-11(5-1)13-9-18-14(10-17(13)19-15)12-6-2-4-8-16(12)20-18/h1-3,5-10H,4H2/q+1. The lowest BCUT2D eigenvalue weighted by molar-refractivity contribution is 0.576. The number of hydrogen-bond donors (Lipinski definition) is 0. The van der Waals surface area contributed by atoms with Crippen LogP contribution in [0.25, 0.3) is 23.1 Å². The molecule has 3 aromatic rings. The van der Waals surface area contributed by atoms with Gasteiger partial charge >= 0.3 is 11.2 Å². The third-order valence-corrected chi connectivity index (χ3v) is 3.98. The van der Waals surface area contributed by atoms with Crippen molar-refractivity contribution in [1.82, 2.24) is 0 Å². The molecule has 94 valence electrons. The number of allylic oxidation sites excluding steroid dienone is 1. The average molecular weight is 259 g/mol. The van der Waals surface area contributed by atoms with Crippen LogP contribution >= 0.6 is 0 Å². The van der Waals surface area contributed by atoms with Crippen LogP contribution in [-0.2, 0) is 0 Å². The highest BCUT2D eigenvalue weighted by molar-refractivity contribution is 5.90. The van der Waals surface area contributed by atoms with Crippen molar-refractivity contribution in [3.05, 3.63) is 73.7 Å². The first-order valence-corrected chi connectivity index (χ1v) is 6.78. The summed E-state index contributed by atoms with van der Waals surface area (Å²) in [6, 6.07) is 12.3. The molecule has 20 heavy (non-hydrogen) atoms. The van der Waals surface area contributed by atoms with Crippen LogP contribution in [0.1, 0.15) is 12.0 Å². The summed E-state index contributed by atoms with van der Waals surface area (Å²) < 4.78 is 11.9. The van der Waals surface area contributed by atoms with Crippen molar-refractivity contribution >= 4 is 23.1 Å². The van der Waals surface area contributed by atoms with E-state index in [9.17, 15) is 0 Å². The molecule has 1 aliphatic heterocycles. The molecule has 0 radical (unpaired) electrons. The Morgan fingerprint density at radius 2 is 2.00 bits per heavy atom. The van der Waals surface area contributed by atoms with Crippen molar-refractivity contribution < 1.29 is 4.42 Å². The smallest absolute Gasteiger partial charge is 0.362 e. The molecule has 0 saturated heterocycles. The van der Waals surface area contributed by atoms with Gasteiger partial charge in [0.05, 0.1) is 16.5 Å². The molecule has 0 unspecified atom stereocenters. The Kier molecular flexibility index (Phi) is 1.78. The molecule has 2 heterocycles. The normalized spacial score (nSPS) is 14.4. The Labute approximate surface area is 114 Å². The zero-order valence-electron chi connectivity index (χ0n) is 10.7. The number of para-hydroxylation sites is 1. The Bertz CT molecular complexity index is 1110. The number of furan rings is 1. The van der Waals surface area contributed by atoms with E-state index in [1.807, 2.05) is 18.2 Å². The molecule has 0 saturated carbocycles. The lowest BCUT2D eigenvalue weighted by atomic mass is 10.1. The fourth-order valence-corrected chi connectivity index (χ4v) is 3.04. The van der Waals surface area contributed by atoms with Crippen molar-refractivity contribution in [3.63, 3.8) is 0 Å². The molecule has 2 aromatic carbocycles. The predicted molar refractivity (Wildman–Crippen MR) is 79.4 cm³/mol. The minimum absolute atomic E-state index is 0.918. The average Bonchev–Trinajstić information content (AvgIpc) is 3.02. The molecular weight excluding hydrogens is 248 g/mol. The van der Waals surface area contributed by atoms with Crippen LogP contribution in [0.4, 0.5) is 0 Å². The van der Waals surface area contributed by atoms with Gasteiger partial charge in [-0.3, -0.25) is 0 Å². The van der Waals surface area contributed by atoms with Crippen molar-refractivity contribution in [1.29, 1.82) is 0 Å². The zero-order valence-corrected chi connectivity index (χ0v) is 10.7. The molecule has 1 aromatic heterocycles. The highest BCUT2D eigenvalue weighted by Gasteiger charge is 2.20. The van der Waals surface area contributed by atoms with Crippen LogP contribution in [0.3, 0.4) is 0 Å². The lowest BCUT2D eigenvalue weighted by Gasteiger charge is -1.92. The quantitative estimate of drug-likeness (QED) is 0.445. The molecule has 0 fully saturated rings. The van der Waals surface area contributed by atoms with Gasteiger partial charge in [0.25, 0.3) is 0 Å². The topological polar surface area (TPSA) is 24.4 Å². The fraction of sp³-hybridized carbons (Fsp3) is 0.0556. The highest BCUT2D eigenvalue weighted by atomic mass is 16.4. The minimum atomic E-state index is 0.918. The third kappa shape index (κ3) is 1.21. The predicted octanol–water partition coefficient (Wildman–Crippen LogP) is 3.26. The van der Waals surface area contributed by atoms with Crippen LogP contribution < -0.4 is 10.8 Å². The first-order valence-electron chi connectivity index (χ1n) is 6.78. The summed E-state index contributed by atoms with van der Waals surface area (Å²) in [7, 11) is 0. The number of hydrogen-bond acceptors (Lipinski definition) is 1. The summed E-state index contributed by atoms with van der Waals surface area (Å²) in [5.74, 6) is 0.918. The van der Waals surface area contributed by atoms with Gasteiger partial charge in [0.15, 0.2) is 0 Å². The zero-order chi connectivity index (χ0) is 13.1. The second kappa shape index (κ2) is 3.48. The molecule has 0 N–H and O–H groups in total. The monoisotopic (exact) mass is 259 g/mol. The number of rotatable bonds is 0. The molecule has 2 aliphatic rings. The molecule has 2 nitrogen and oxygen atoms in total. The van der Waals surface area contributed by atoms with Gasteiger partial charge in [-0.15, -0.1) is 0 Å². The van der Waals surface area contributed by atoms with Crippen LogP contribution in [0.15, 0.2) is 51.3 Å². The van der Waals surface area contributed by atoms with E-state index in [1.165, 1.54) is 0 Å². The molecule has 0 spiro atoms. The summed E-state index contributed by atoms with van der Waals surface area (Å²) in [6.07, 6.45) is 7.34. The lowest BCUT2D eigenvalue weighted by Crippen LogP contribution is -2.01. The Balaban J connectivity index is 2.03. The molecule has 5 rings (SSSR count). The molecule has 1 aliphatic carbocycles. The summed E-state index contributed by atoms with van der Waals surface area (Å²) in [5.41, 5.74) is 3.98. The van der Waals surface area contributed by atoms with Gasteiger partial charge in [0.2, 0.25) is 0 Å². The van der Waals surface area contributed by atoms with E-state index in [2.05, 4.69) is 36.4 Å². The molecule has 0 bridgehead atoms. The fourth-order valence-electron chi connectivity index (χ4n) is 3.04.